The van der Waals surface area contributed by atoms with Crippen LogP contribution in [-0.4, -0.2) is 58.6 Å². The maximum absolute atomic E-state index is 12.5. The zero-order chi connectivity index (χ0) is 17.4. The minimum absolute atomic E-state index is 0.0128. The summed E-state index contributed by atoms with van der Waals surface area (Å²) < 4.78 is 8.15. The van der Waals surface area contributed by atoms with Crippen molar-refractivity contribution in [2.45, 2.75) is 0 Å². The van der Waals surface area contributed by atoms with Crippen molar-refractivity contribution >= 4 is 32.6 Å². The third-order valence-corrected chi connectivity index (χ3v) is 5.51. The molecule has 130 valence electrons. The molecule has 1 fully saturated rings. The maximum atomic E-state index is 12.5. The molecule has 1 aliphatic rings. The Morgan fingerprint density at radius 3 is 2.72 bits per heavy atom. The van der Waals surface area contributed by atoms with E-state index in [0.29, 0.717) is 18.9 Å². The van der Waals surface area contributed by atoms with Crippen LogP contribution in [-0.2, 0) is 7.05 Å². The second-order valence-corrected chi connectivity index (χ2v) is 6.98. The zero-order valence-corrected chi connectivity index (χ0v) is 15.0. The number of hydrogen-bond acceptors (Lipinski definition) is 6. The number of hydrogen-bond donors (Lipinski definition) is 0. The van der Waals surface area contributed by atoms with Gasteiger partial charge in [0.15, 0.2) is 11.0 Å². The molecule has 0 aliphatic carbocycles. The van der Waals surface area contributed by atoms with Crippen molar-refractivity contribution in [1.29, 1.82) is 0 Å². The number of piperazine rings is 1. The van der Waals surface area contributed by atoms with Crippen molar-refractivity contribution in [1.82, 2.24) is 19.4 Å². The fourth-order valence-corrected chi connectivity index (χ4v) is 4.01. The highest BCUT2D eigenvalue weighted by atomic mass is 32.1. The Balaban J connectivity index is 1.46. The molecule has 3 heterocycles. The van der Waals surface area contributed by atoms with Gasteiger partial charge in [-0.25, -0.2) is 9.97 Å². The van der Waals surface area contributed by atoms with Gasteiger partial charge < -0.3 is 19.1 Å². The molecule has 0 atom stereocenters. The molecule has 1 amide bonds. The molecular weight excluding hydrogens is 338 g/mol. The van der Waals surface area contributed by atoms with E-state index in [1.165, 1.54) is 0 Å². The van der Waals surface area contributed by atoms with Crippen LogP contribution >= 0.6 is 11.3 Å². The molecule has 7 nitrogen and oxygen atoms in total. The van der Waals surface area contributed by atoms with Gasteiger partial charge >= 0.3 is 0 Å². The Morgan fingerprint density at radius 1 is 1.24 bits per heavy atom. The summed E-state index contributed by atoms with van der Waals surface area (Å²) in [5, 5.41) is 0.993. The highest BCUT2D eigenvalue weighted by molar-refractivity contribution is 7.22. The van der Waals surface area contributed by atoms with Gasteiger partial charge in [0.05, 0.1) is 17.3 Å². The van der Waals surface area contributed by atoms with E-state index in [1.807, 2.05) is 30.1 Å². The molecule has 0 unspecified atom stereocenters. The van der Waals surface area contributed by atoms with Crippen molar-refractivity contribution in [3.05, 3.63) is 36.4 Å². The highest BCUT2D eigenvalue weighted by Gasteiger charge is 2.25. The van der Waals surface area contributed by atoms with Gasteiger partial charge in [-0.05, 0) is 18.2 Å². The smallest absolute Gasteiger partial charge is 0.289 e. The van der Waals surface area contributed by atoms with Gasteiger partial charge in [-0.15, -0.1) is 0 Å². The van der Waals surface area contributed by atoms with Gasteiger partial charge in [0, 0.05) is 45.6 Å². The van der Waals surface area contributed by atoms with E-state index in [4.69, 9.17) is 9.72 Å². The number of carbonyl (C=O) groups excluding carboxylic acids is 1. The Bertz CT molecular complexity index is 911. The number of benzene rings is 1. The minimum Gasteiger partial charge on any atom is -0.497 e. The van der Waals surface area contributed by atoms with Crippen LogP contribution in [0.25, 0.3) is 10.2 Å². The van der Waals surface area contributed by atoms with Crippen molar-refractivity contribution in [3.63, 3.8) is 0 Å². The molecule has 25 heavy (non-hydrogen) atoms. The van der Waals surface area contributed by atoms with Gasteiger partial charge in [0.1, 0.15) is 5.75 Å². The average Bonchev–Trinajstić information content (AvgIpc) is 3.26. The molecule has 8 heteroatoms. The quantitative estimate of drug-likeness (QED) is 0.717. The molecule has 0 bridgehead atoms. The normalized spacial score (nSPS) is 15.0. The summed E-state index contributed by atoms with van der Waals surface area (Å²) in [5.74, 6) is 1.31. The molecule has 0 spiro atoms. The standard InChI is InChI=1S/C17H19N5O2S/c1-20-6-5-18-15(20)16(23)21-7-9-22(10-8-21)17-19-13-4-3-12(24-2)11-14(13)25-17/h3-6,11H,7-10H2,1-2H3. The van der Waals surface area contributed by atoms with Crippen molar-refractivity contribution in [3.8, 4) is 5.75 Å². The van der Waals surface area contributed by atoms with Crippen LogP contribution in [0.3, 0.4) is 0 Å². The lowest BCUT2D eigenvalue weighted by molar-refractivity contribution is 0.0731. The first-order valence-corrected chi connectivity index (χ1v) is 8.93. The van der Waals surface area contributed by atoms with Crippen LogP contribution in [0.4, 0.5) is 5.13 Å². The summed E-state index contributed by atoms with van der Waals surface area (Å²) in [5.41, 5.74) is 0.979. The predicted octanol–water partition coefficient (Wildman–Crippen LogP) is 2.00. The Hall–Kier alpha value is -2.61. The summed E-state index contributed by atoms with van der Waals surface area (Å²) >= 11 is 1.66. The SMILES string of the molecule is COc1ccc2nc(N3CCN(C(=O)c4nccn4C)CC3)sc2c1. The number of aromatic nitrogens is 3. The van der Waals surface area contributed by atoms with Gasteiger partial charge in [-0.3, -0.25) is 4.79 Å². The number of nitrogens with zero attached hydrogens (tertiary/aromatic N) is 5. The number of thiazole rings is 1. The third-order valence-electron chi connectivity index (χ3n) is 4.43. The van der Waals surface area contributed by atoms with Crippen LogP contribution in [0.2, 0.25) is 0 Å². The van der Waals surface area contributed by atoms with E-state index in [2.05, 4.69) is 9.88 Å². The van der Waals surface area contributed by atoms with Crippen molar-refractivity contribution in [2.24, 2.45) is 7.05 Å². The summed E-state index contributed by atoms with van der Waals surface area (Å²) in [6.45, 7) is 2.89. The van der Waals surface area contributed by atoms with E-state index >= 15 is 0 Å². The summed E-state index contributed by atoms with van der Waals surface area (Å²) in [7, 11) is 3.51. The van der Waals surface area contributed by atoms with Crippen molar-refractivity contribution in [2.75, 3.05) is 38.2 Å². The molecule has 0 N–H and O–H groups in total. The maximum Gasteiger partial charge on any atom is 0.289 e. The number of methoxy groups -OCH3 is 1. The van der Waals surface area contributed by atoms with Crippen LogP contribution in [0.15, 0.2) is 30.6 Å². The first-order valence-electron chi connectivity index (χ1n) is 8.12. The number of imidazole rings is 1. The lowest BCUT2D eigenvalue weighted by Gasteiger charge is -2.34. The van der Waals surface area contributed by atoms with Crippen LogP contribution < -0.4 is 9.64 Å². The first-order chi connectivity index (χ1) is 12.2. The monoisotopic (exact) mass is 357 g/mol. The highest BCUT2D eigenvalue weighted by Crippen LogP contribution is 2.31. The van der Waals surface area contributed by atoms with E-state index < -0.39 is 0 Å². The number of anilines is 1. The number of rotatable bonds is 3. The Kier molecular flexibility index (Phi) is 4.04. The number of amides is 1. The topological polar surface area (TPSA) is 63.5 Å². The average molecular weight is 357 g/mol. The molecule has 0 saturated carbocycles. The van der Waals surface area contributed by atoms with E-state index in [0.717, 1.165) is 34.2 Å². The van der Waals surface area contributed by atoms with Crippen molar-refractivity contribution < 1.29 is 9.53 Å². The molecule has 1 saturated heterocycles. The second kappa shape index (κ2) is 6.36. The third kappa shape index (κ3) is 2.93. The molecular formula is C17H19N5O2S. The predicted molar refractivity (Wildman–Crippen MR) is 97.5 cm³/mol. The van der Waals surface area contributed by atoms with E-state index in [1.54, 1.807) is 35.4 Å². The first kappa shape index (κ1) is 15.9. The van der Waals surface area contributed by atoms with E-state index in [-0.39, 0.29) is 5.91 Å². The number of ether oxygens (including phenoxy) is 1. The molecule has 1 aliphatic heterocycles. The molecule has 4 rings (SSSR count). The summed E-state index contributed by atoms with van der Waals surface area (Å²) in [4.78, 5) is 25.5. The molecule has 0 radical (unpaired) electrons. The zero-order valence-electron chi connectivity index (χ0n) is 14.2. The Morgan fingerprint density at radius 2 is 2.04 bits per heavy atom. The fraction of sp³-hybridized carbons (Fsp3) is 0.353. The summed E-state index contributed by atoms with van der Waals surface area (Å²) in [6.07, 6.45) is 3.44. The van der Waals surface area contributed by atoms with Crippen LogP contribution in [0.1, 0.15) is 10.6 Å². The number of carbonyl (C=O) groups is 1. The summed E-state index contributed by atoms with van der Waals surface area (Å²) in [6, 6.07) is 5.92. The molecule has 2 aromatic heterocycles. The minimum atomic E-state index is -0.0128. The van der Waals surface area contributed by atoms with Gasteiger partial charge in [0.25, 0.3) is 5.91 Å². The lowest BCUT2D eigenvalue weighted by atomic mass is 10.3. The largest absolute Gasteiger partial charge is 0.497 e. The van der Waals surface area contributed by atoms with Gasteiger partial charge in [0.2, 0.25) is 0 Å². The van der Waals surface area contributed by atoms with Gasteiger partial charge in [-0.1, -0.05) is 11.3 Å². The van der Waals surface area contributed by atoms with Crippen LogP contribution in [0, 0.1) is 0 Å². The lowest BCUT2D eigenvalue weighted by Crippen LogP contribution is -2.49. The Labute approximate surface area is 149 Å². The number of aryl methyl sites for hydroxylation is 1. The molecule has 1 aromatic carbocycles. The fourth-order valence-electron chi connectivity index (χ4n) is 2.97. The van der Waals surface area contributed by atoms with Crippen LogP contribution in [0.5, 0.6) is 5.75 Å². The number of fused-ring (bicyclic) bond motifs is 1. The van der Waals surface area contributed by atoms with E-state index in [9.17, 15) is 4.79 Å². The molecule has 3 aromatic rings. The van der Waals surface area contributed by atoms with Gasteiger partial charge in [-0.2, -0.15) is 0 Å². The second-order valence-electron chi connectivity index (χ2n) is 5.97.